The molecule has 1 aliphatic heterocycles. The van der Waals surface area contributed by atoms with E-state index < -0.39 is 14.9 Å². The number of ether oxygens (including phenoxy) is 2. The first-order chi connectivity index (χ1) is 14.8. The van der Waals surface area contributed by atoms with Crippen LogP contribution in [0, 0.1) is 10.1 Å². The number of nitro groups is 1. The molecular formula is C18H23N5O7S. The first-order valence-corrected chi connectivity index (χ1v) is 10.9. The standard InChI is InChI=1S/C18H23N5O7S/c1-29-16-4-3-15(11-17(16)30-2)31(27,28)22-9-7-20(8-10-22)18(24)5-6-21-13-14(12-19-21)23(25)26/h3-4,11-13H,5-10H2,1-2H3. The van der Waals surface area contributed by atoms with Crippen molar-refractivity contribution < 1.29 is 27.6 Å². The summed E-state index contributed by atoms with van der Waals surface area (Å²) < 4.78 is 38.9. The van der Waals surface area contributed by atoms with E-state index >= 15 is 0 Å². The molecule has 0 N–H and O–H groups in total. The average molecular weight is 453 g/mol. The summed E-state index contributed by atoms with van der Waals surface area (Å²) in [7, 11) is -0.849. The number of carbonyl (C=O) groups is 1. The van der Waals surface area contributed by atoms with Crippen molar-refractivity contribution in [1.29, 1.82) is 0 Å². The number of nitrogens with zero attached hydrogens (tertiary/aromatic N) is 5. The van der Waals surface area contributed by atoms with Crippen LogP contribution in [0.3, 0.4) is 0 Å². The number of amides is 1. The molecule has 0 saturated carbocycles. The summed E-state index contributed by atoms with van der Waals surface area (Å²) in [6, 6.07) is 4.40. The van der Waals surface area contributed by atoms with Crippen LogP contribution in [0.15, 0.2) is 35.5 Å². The minimum atomic E-state index is -3.75. The highest BCUT2D eigenvalue weighted by Gasteiger charge is 2.30. The van der Waals surface area contributed by atoms with E-state index in [1.807, 2.05) is 0 Å². The van der Waals surface area contributed by atoms with Crippen LogP contribution in [0.25, 0.3) is 0 Å². The molecule has 1 amide bonds. The van der Waals surface area contributed by atoms with Gasteiger partial charge in [0.1, 0.15) is 12.4 Å². The van der Waals surface area contributed by atoms with Gasteiger partial charge in [-0.25, -0.2) is 8.42 Å². The number of benzene rings is 1. The number of hydrogen-bond acceptors (Lipinski definition) is 8. The van der Waals surface area contributed by atoms with Crippen molar-refractivity contribution in [3.8, 4) is 11.5 Å². The molecule has 0 atom stereocenters. The predicted octanol–water partition coefficient (Wildman–Crippen LogP) is 0.732. The zero-order valence-corrected chi connectivity index (χ0v) is 17.9. The summed E-state index contributed by atoms with van der Waals surface area (Å²) in [5, 5.41) is 14.5. The second kappa shape index (κ2) is 9.31. The lowest BCUT2D eigenvalue weighted by atomic mass is 10.3. The summed E-state index contributed by atoms with van der Waals surface area (Å²) >= 11 is 0. The average Bonchev–Trinajstić information content (AvgIpc) is 3.26. The molecule has 0 spiro atoms. The van der Waals surface area contributed by atoms with Crippen molar-refractivity contribution in [2.45, 2.75) is 17.9 Å². The number of piperazine rings is 1. The molecule has 1 saturated heterocycles. The van der Waals surface area contributed by atoms with Crippen LogP contribution in [-0.4, -0.2) is 78.6 Å². The van der Waals surface area contributed by atoms with Gasteiger partial charge in [-0.05, 0) is 12.1 Å². The van der Waals surface area contributed by atoms with Gasteiger partial charge in [0.05, 0.1) is 24.0 Å². The van der Waals surface area contributed by atoms with Crippen LogP contribution in [0.5, 0.6) is 11.5 Å². The van der Waals surface area contributed by atoms with Gasteiger partial charge in [-0.15, -0.1) is 0 Å². The molecule has 0 radical (unpaired) electrons. The Kier molecular flexibility index (Phi) is 6.75. The first-order valence-electron chi connectivity index (χ1n) is 9.43. The molecule has 12 nitrogen and oxygen atoms in total. The van der Waals surface area contributed by atoms with E-state index in [1.165, 1.54) is 47.6 Å². The van der Waals surface area contributed by atoms with E-state index in [4.69, 9.17) is 9.47 Å². The van der Waals surface area contributed by atoms with Crippen molar-refractivity contribution in [1.82, 2.24) is 19.0 Å². The van der Waals surface area contributed by atoms with Gasteiger partial charge >= 0.3 is 5.69 Å². The maximum atomic E-state index is 13.0. The third kappa shape index (κ3) is 4.94. The Morgan fingerprint density at radius 3 is 2.42 bits per heavy atom. The smallest absolute Gasteiger partial charge is 0.306 e. The van der Waals surface area contributed by atoms with E-state index in [9.17, 15) is 23.3 Å². The van der Waals surface area contributed by atoms with Crippen molar-refractivity contribution in [2.24, 2.45) is 0 Å². The molecule has 1 aromatic heterocycles. The fourth-order valence-corrected chi connectivity index (χ4v) is 4.68. The molecule has 1 aromatic carbocycles. The molecule has 0 bridgehead atoms. The number of carbonyl (C=O) groups excluding carboxylic acids is 1. The minimum Gasteiger partial charge on any atom is -0.493 e. The number of sulfonamides is 1. The zero-order valence-electron chi connectivity index (χ0n) is 17.1. The molecule has 2 heterocycles. The number of aryl methyl sites for hydroxylation is 1. The second-order valence-electron chi connectivity index (χ2n) is 6.77. The summed E-state index contributed by atoms with van der Waals surface area (Å²) in [6.07, 6.45) is 2.50. The van der Waals surface area contributed by atoms with Crippen molar-refractivity contribution in [3.05, 3.63) is 40.7 Å². The lowest BCUT2D eigenvalue weighted by molar-refractivity contribution is -0.385. The highest BCUT2D eigenvalue weighted by atomic mass is 32.2. The molecule has 3 rings (SSSR count). The fourth-order valence-electron chi connectivity index (χ4n) is 3.24. The molecule has 1 aliphatic rings. The van der Waals surface area contributed by atoms with Gasteiger partial charge in [-0.3, -0.25) is 19.6 Å². The van der Waals surface area contributed by atoms with Crippen molar-refractivity contribution in [2.75, 3.05) is 40.4 Å². The molecule has 168 valence electrons. The minimum absolute atomic E-state index is 0.0882. The molecular weight excluding hydrogens is 430 g/mol. The Labute approximate surface area is 179 Å². The van der Waals surface area contributed by atoms with Crippen LogP contribution in [-0.2, 0) is 21.4 Å². The lowest BCUT2D eigenvalue weighted by Crippen LogP contribution is -2.50. The van der Waals surface area contributed by atoms with Gasteiger partial charge in [0, 0.05) is 45.2 Å². The SMILES string of the molecule is COc1ccc(S(=O)(=O)N2CCN(C(=O)CCn3cc([N+](=O)[O-])cn3)CC2)cc1OC. The quantitative estimate of drug-likeness (QED) is 0.421. The monoisotopic (exact) mass is 453 g/mol. The van der Waals surface area contributed by atoms with Crippen LogP contribution in [0.2, 0.25) is 0 Å². The number of aromatic nitrogens is 2. The summed E-state index contributed by atoms with van der Waals surface area (Å²) in [5.74, 6) is 0.581. The predicted molar refractivity (Wildman–Crippen MR) is 108 cm³/mol. The van der Waals surface area contributed by atoms with Crippen LogP contribution >= 0.6 is 0 Å². The number of rotatable bonds is 8. The Morgan fingerprint density at radius 1 is 1.16 bits per heavy atom. The highest BCUT2D eigenvalue weighted by molar-refractivity contribution is 7.89. The van der Waals surface area contributed by atoms with Crippen LogP contribution in [0.1, 0.15) is 6.42 Å². The molecule has 31 heavy (non-hydrogen) atoms. The van der Waals surface area contributed by atoms with Gasteiger partial charge < -0.3 is 14.4 Å². The maximum absolute atomic E-state index is 13.0. The van der Waals surface area contributed by atoms with E-state index in [1.54, 1.807) is 4.90 Å². The zero-order chi connectivity index (χ0) is 22.6. The Balaban J connectivity index is 1.57. The molecule has 0 unspecified atom stereocenters. The second-order valence-corrected chi connectivity index (χ2v) is 8.71. The summed E-state index contributed by atoms with van der Waals surface area (Å²) in [5.41, 5.74) is -0.138. The molecule has 1 fully saturated rings. The van der Waals surface area contributed by atoms with Gasteiger partial charge in [-0.2, -0.15) is 9.40 Å². The van der Waals surface area contributed by atoms with Crippen molar-refractivity contribution >= 4 is 21.6 Å². The van der Waals surface area contributed by atoms with E-state index in [2.05, 4.69) is 5.10 Å². The molecule has 2 aromatic rings. The number of hydrogen-bond donors (Lipinski definition) is 0. The Hall–Kier alpha value is -3.19. The largest absolute Gasteiger partial charge is 0.493 e. The van der Waals surface area contributed by atoms with E-state index in [0.29, 0.717) is 11.5 Å². The van der Waals surface area contributed by atoms with Gasteiger partial charge in [0.25, 0.3) is 0 Å². The van der Waals surface area contributed by atoms with E-state index in [-0.39, 0.29) is 55.6 Å². The third-order valence-electron chi connectivity index (χ3n) is 4.97. The number of methoxy groups -OCH3 is 2. The van der Waals surface area contributed by atoms with E-state index in [0.717, 1.165) is 6.20 Å². The normalized spacial score (nSPS) is 15.0. The topological polar surface area (TPSA) is 137 Å². The summed E-state index contributed by atoms with van der Waals surface area (Å²) in [6.45, 7) is 1.04. The summed E-state index contributed by atoms with van der Waals surface area (Å²) in [4.78, 5) is 24.3. The van der Waals surface area contributed by atoms with Gasteiger partial charge in [0.15, 0.2) is 11.5 Å². The van der Waals surface area contributed by atoms with Crippen LogP contribution < -0.4 is 9.47 Å². The highest BCUT2D eigenvalue weighted by Crippen LogP contribution is 2.30. The Bertz CT molecular complexity index is 1060. The Morgan fingerprint density at radius 2 is 1.84 bits per heavy atom. The van der Waals surface area contributed by atoms with Gasteiger partial charge in [-0.1, -0.05) is 0 Å². The van der Waals surface area contributed by atoms with Gasteiger partial charge in [0.2, 0.25) is 15.9 Å². The molecule has 13 heteroatoms. The van der Waals surface area contributed by atoms with Crippen molar-refractivity contribution in [3.63, 3.8) is 0 Å². The first kappa shape index (κ1) is 22.5. The maximum Gasteiger partial charge on any atom is 0.306 e. The third-order valence-corrected chi connectivity index (χ3v) is 6.86. The fraction of sp³-hybridized carbons (Fsp3) is 0.444. The molecule has 0 aliphatic carbocycles. The van der Waals surface area contributed by atoms with Crippen LogP contribution in [0.4, 0.5) is 5.69 Å². The lowest BCUT2D eigenvalue weighted by Gasteiger charge is -2.34.